The summed E-state index contributed by atoms with van der Waals surface area (Å²) in [6.45, 7) is -0.341. The summed E-state index contributed by atoms with van der Waals surface area (Å²) in [6, 6.07) is 3.15. The number of halogens is 3. The summed E-state index contributed by atoms with van der Waals surface area (Å²) in [7, 11) is 4.30. The van der Waals surface area contributed by atoms with Crippen molar-refractivity contribution in [2.75, 3.05) is 27.9 Å². The molecular weight excluding hydrogens is 371 g/mol. The molecule has 0 aliphatic heterocycles. The largest absolute Gasteiger partial charge is 0.493 e. The zero-order valence-corrected chi connectivity index (χ0v) is 15.2. The molecule has 0 unspecified atom stereocenters. The highest BCUT2D eigenvalue weighted by Crippen LogP contribution is 2.38. The van der Waals surface area contributed by atoms with Gasteiger partial charge in [0.15, 0.2) is 17.6 Å². The summed E-state index contributed by atoms with van der Waals surface area (Å²) in [4.78, 5) is 23.2. The Kier molecular flexibility index (Phi) is 7.95. The van der Waals surface area contributed by atoms with E-state index in [1.807, 2.05) is 0 Å². The lowest BCUT2D eigenvalue weighted by atomic mass is 10.1. The third-order valence-corrected chi connectivity index (χ3v) is 3.22. The zero-order valence-electron chi connectivity index (χ0n) is 15.2. The predicted octanol–water partition coefficient (Wildman–Crippen LogP) is 2.34. The SMILES string of the molecule is COc1cc(/C=C/C(=O)O[C@@H](C)C(=O)NCC(F)(F)F)cc(OC)c1OC. The van der Waals surface area contributed by atoms with E-state index >= 15 is 0 Å². The van der Waals surface area contributed by atoms with Crippen molar-refractivity contribution in [3.63, 3.8) is 0 Å². The number of hydrogen-bond acceptors (Lipinski definition) is 6. The summed E-state index contributed by atoms with van der Waals surface area (Å²) in [5.41, 5.74) is 0.510. The lowest BCUT2D eigenvalue weighted by molar-refractivity contribution is -0.154. The van der Waals surface area contributed by atoms with Gasteiger partial charge < -0.3 is 24.3 Å². The number of alkyl halides is 3. The summed E-state index contributed by atoms with van der Waals surface area (Å²) in [5.74, 6) is -0.857. The van der Waals surface area contributed by atoms with E-state index in [1.54, 1.807) is 17.4 Å². The molecule has 1 amide bonds. The van der Waals surface area contributed by atoms with Crippen LogP contribution in [0.25, 0.3) is 6.08 Å². The Hall–Kier alpha value is -2.91. The lowest BCUT2D eigenvalue weighted by Gasteiger charge is -2.14. The molecule has 7 nitrogen and oxygen atoms in total. The molecule has 0 fully saturated rings. The monoisotopic (exact) mass is 391 g/mol. The molecule has 1 atom stereocenters. The van der Waals surface area contributed by atoms with Crippen molar-refractivity contribution >= 4 is 18.0 Å². The smallest absolute Gasteiger partial charge is 0.405 e. The van der Waals surface area contributed by atoms with E-state index in [1.165, 1.54) is 27.4 Å². The van der Waals surface area contributed by atoms with Gasteiger partial charge in [-0.05, 0) is 30.7 Å². The first kappa shape index (κ1) is 22.1. The molecule has 0 radical (unpaired) electrons. The maximum Gasteiger partial charge on any atom is 0.405 e. The number of methoxy groups -OCH3 is 3. The molecule has 0 saturated carbocycles. The van der Waals surface area contributed by atoms with Crippen LogP contribution in [-0.2, 0) is 14.3 Å². The number of carbonyl (C=O) groups excluding carboxylic acids is 2. The van der Waals surface area contributed by atoms with Gasteiger partial charge in [0.25, 0.3) is 5.91 Å². The van der Waals surface area contributed by atoms with Gasteiger partial charge in [-0.2, -0.15) is 13.2 Å². The average Bonchev–Trinajstić information content (AvgIpc) is 2.62. The number of ether oxygens (including phenoxy) is 4. The molecular formula is C17H20F3NO6. The summed E-state index contributed by atoms with van der Waals surface area (Å²) < 4.78 is 56.5. The van der Waals surface area contributed by atoms with E-state index in [4.69, 9.17) is 18.9 Å². The quantitative estimate of drug-likeness (QED) is 0.541. The van der Waals surface area contributed by atoms with Crippen molar-refractivity contribution in [3.05, 3.63) is 23.8 Å². The van der Waals surface area contributed by atoms with Gasteiger partial charge in [0, 0.05) is 6.08 Å². The Morgan fingerprint density at radius 1 is 1.11 bits per heavy atom. The van der Waals surface area contributed by atoms with Crippen molar-refractivity contribution in [1.82, 2.24) is 5.32 Å². The molecule has 0 aromatic heterocycles. The van der Waals surface area contributed by atoms with Crippen molar-refractivity contribution in [2.24, 2.45) is 0 Å². The van der Waals surface area contributed by atoms with E-state index in [2.05, 4.69) is 0 Å². The van der Waals surface area contributed by atoms with Crippen LogP contribution in [0.1, 0.15) is 12.5 Å². The van der Waals surface area contributed by atoms with Gasteiger partial charge >= 0.3 is 12.1 Å². The van der Waals surface area contributed by atoms with Crippen LogP contribution in [0.3, 0.4) is 0 Å². The minimum absolute atomic E-state index is 0.366. The van der Waals surface area contributed by atoms with Crippen LogP contribution in [0.2, 0.25) is 0 Å². The van der Waals surface area contributed by atoms with Gasteiger partial charge in [0.2, 0.25) is 5.75 Å². The third kappa shape index (κ3) is 7.08. The maximum absolute atomic E-state index is 12.1. The molecule has 0 aliphatic rings. The topological polar surface area (TPSA) is 83.1 Å². The molecule has 0 bridgehead atoms. The normalized spacial score (nSPS) is 12.4. The molecule has 1 aromatic rings. The Balaban J connectivity index is 2.76. The van der Waals surface area contributed by atoms with Crippen molar-refractivity contribution in [3.8, 4) is 17.2 Å². The van der Waals surface area contributed by atoms with Crippen molar-refractivity contribution in [1.29, 1.82) is 0 Å². The third-order valence-electron chi connectivity index (χ3n) is 3.22. The van der Waals surface area contributed by atoms with Gasteiger partial charge in [-0.15, -0.1) is 0 Å². The first-order valence-electron chi connectivity index (χ1n) is 7.64. The molecule has 150 valence electrons. The van der Waals surface area contributed by atoms with E-state index in [0.717, 1.165) is 13.0 Å². The van der Waals surface area contributed by atoms with E-state index in [-0.39, 0.29) is 0 Å². The maximum atomic E-state index is 12.1. The van der Waals surface area contributed by atoms with E-state index < -0.39 is 30.7 Å². The lowest BCUT2D eigenvalue weighted by Crippen LogP contribution is -2.40. The van der Waals surface area contributed by atoms with Gasteiger partial charge in [-0.1, -0.05) is 0 Å². The highest BCUT2D eigenvalue weighted by Gasteiger charge is 2.29. The Labute approximate surface area is 154 Å². The van der Waals surface area contributed by atoms with Crippen LogP contribution < -0.4 is 19.5 Å². The minimum atomic E-state index is -4.55. The van der Waals surface area contributed by atoms with E-state index in [0.29, 0.717) is 22.8 Å². The Morgan fingerprint density at radius 2 is 1.67 bits per heavy atom. The van der Waals surface area contributed by atoms with Crippen LogP contribution in [0, 0.1) is 0 Å². The van der Waals surface area contributed by atoms with Crippen LogP contribution in [0.4, 0.5) is 13.2 Å². The molecule has 1 N–H and O–H groups in total. The number of hydrogen-bond donors (Lipinski definition) is 1. The molecule has 1 aromatic carbocycles. The van der Waals surface area contributed by atoms with Crippen LogP contribution in [0.15, 0.2) is 18.2 Å². The molecule has 0 spiro atoms. The second kappa shape index (κ2) is 9.70. The number of carbonyl (C=O) groups is 2. The average molecular weight is 391 g/mol. The van der Waals surface area contributed by atoms with Crippen molar-refractivity contribution < 1.29 is 41.7 Å². The first-order chi connectivity index (χ1) is 12.6. The number of esters is 1. The molecule has 0 aliphatic carbocycles. The van der Waals surface area contributed by atoms with E-state index in [9.17, 15) is 22.8 Å². The molecule has 10 heteroatoms. The molecule has 0 saturated heterocycles. The predicted molar refractivity (Wildman–Crippen MR) is 89.8 cm³/mol. The van der Waals surface area contributed by atoms with Gasteiger partial charge in [0.05, 0.1) is 21.3 Å². The van der Waals surface area contributed by atoms with Crippen LogP contribution in [0.5, 0.6) is 17.2 Å². The number of nitrogens with one attached hydrogen (secondary N) is 1. The molecule has 27 heavy (non-hydrogen) atoms. The van der Waals surface area contributed by atoms with Crippen molar-refractivity contribution in [2.45, 2.75) is 19.2 Å². The minimum Gasteiger partial charge on any atom is -0.493 e. The zero-order chi connectivity index (χ0) is 20.6. The van der Waals surface area contributed by atoms with Gasteiger partial charge in [-0.3, -0.25) is 4.79 Å². The Morgan fingerprint density at radius 3 is 2.11 bits per heavy atom. The standard InChI is InChI=1S/C17H20F3NO6/c1-10(16(23)21-9-17(18,19)20)27-14(22)6-5-11-7-12(24-2)15(26-4)13(8-11)25-3/h5-8,10H,9H2,1-4H3,(H,21,23)/b6-5+/t10-/m0/s1. The summed E-state index contributed by atoms with van der Waals surface area (Å²) >= 11 is 0. The molecule has 1 rings (SSSR count). The first-order valence-corrected chi connectivity index (χ1v) is 7.64. The second-order valence-electron chi connectivity index (χ2n) is 5.20. The van der Waals surface area contributed by atoms with Crippen LogP contribution >= 0.6 is 0 Å². The molecule has 0 heterocycles. The number of amides is 1. The fourth-order valence-corrected chi connectivity index (χ4v) is 1.96. The summed E-state index contributed by atoms with van der Waals surface area (Å²) in [6.07, 6.45) is -3.54. The van der Waals surface area contributed by atoms with Gasteiger partial charge in [0.1, 0.15) is 6.54 Å². The van der Waals surface area contributed by atoms with Gasteiger partial charge in [-0.25, -0.2) is 4.79 Å². The Bertz CT molecular complexity index is 677. The highest BCUT2D eigenvalue weighted by atomic mass is 19.4. The fourth-order valence-electron chi connectivity index (χ4n) is 1.96. The summed E-state index contributed by atoms with van der Waals surface area (Å²) in [5, 5.41) is 1.63. The number of rotatable bonds is 8. The second-order valence-corrected chi connectivity index (χ2v) is 5.20. The fraction of sp³-hybridized carbons (Fsp3) is 0.412. The van der Waals surface area contributed by atoms with Crippen LogP contribution in [-0.4, -0.2) is 52.0 Å². The highest BCUT2D eigenvalue weighted by molar-refractivity contribution is 5.90. The number of benzene rings is 1.